The monoisotopic (exact) mass is 359 g/mol. The predicted molar refractivity (Wildman–Crippen MR) is 99.6 cm³/mol. The van der Waals surface area contributed by atoms with Crippen molar-refractivity contribution >= 4 is 12.0 Å². The van der Waals surface area contributed by atoms with Gasteiger partial charge in [0.1, 0.15) is 11.6 Å². The number of likely N-dealkylation sites (N-methyl/N-ethyl adjacent to an activating group) is 1. The van der Waals surface area contributed by atoms with Crippen LogP contribution in [0.15, 0.2) is 0 Å². The highest BCUT2D eigenvalue weighted by Gasteiger charge is 2.26. The van der Waals surface area contributed by atoms with Crippen LogP contribution in [0.2, 0.25) is 0 Å². The van der Waals surface area contributed by atoms with Gasteiger partial charge in [0.25, 0.3) is 0 Å². The number of hydrogen-bond acceptors (Lipinski definition) is 5. The zero-order valence-electron chi connectivity index (χ0n) is 17.0. The molecule has 0 fully saturated rings. The van der Waals surface area contributed by atoms with Gasteiger partial charge in [-0.2, -0.15) is 0 Å². The second kappa shape index (κ2) is 12.1. The lowest BCUT2D eigenvalue weighted by molar-refractivity contribution is -0.124. The van der Waals surface area contributed by atoms with Crippen molar-refractivity contribution in [3.63, 3.8) is 0 Å². The maximum absolute atomic E-state index is 12.3. The van der Waals surface area contributed by atoms with E-state index in [0.717, 1.165) is 19.6 Å². The third kappa shape index (κ3) is 11.8. The Balaban J connectivity index is 4.15. The number of rotatable bonds is 11. The molecule has 7 nitrogen and oxygen atoms in total. The summed E-state index contributed by atoms with van der Waals surface area (Å²) in [5.41, 5.74) is -0.596. The molecule has 0 aromatic rings. The Hall–Kier alpha value is -1.34. The summed E-state index contributed by atoms with van der Waals surface area (Å²) in [4.78, 5) is 26.4. The molecule has 7 heteroatoms. The SMILES string of the molecule is CCN(CC)CCOCCNC(=O)C(NC(=O)OC(C)(C)C)C(C)C. The molecule has 0 bridgehead atoms. The van der Waals surface area contributed by atoms with Gasteiger partial charge in [-0.25, -0.2) is 4.79 Å². The van der Waals surface area contributed by atoms with Crippen LogP contribution in [0.1, 0.15) is 48.5 Å². The Labute approximate surface area is 152 Å². The van der Waals surface area contributed by atoms with E-state index in [1.165, 1.54) is 0 Å². The largest absolute Gasteiger partial charge is 0.444 e. The maximum atomic E-state index is 12.3. The fraction of sp³-hybridized carbons (Fsp3) is 0.889. The lowest BCUT2D eigenvalue weighted by Gasteiger charge is -2.25. The van der Waals surface area contributed by atoms with Gasteiger partial charge in [0.05, 0.1) is 13.2 Å². The number of alkyl carbamates (subject to hydrolysis) is 1. The summed E-state index contributed by atoms with van der Waals surface area (Å²) >= 11 is 0. The number of ether oxygens (including phenoxy) is 2. The van der Waals surface area contributed by atoms with Gasteiger partial charge >= 0.3 is 6.09 Å². The number of carbonyl (C=O) groups excluding carboxylic acids is 2. The molecule has 148 valence electrons. The fourth-order valence-corrected chi connectivity index (χ4v) is 2.16. The molecule has 25 heavy (non-hydrogen) atoms. The van der Waals surface area contributed by atoms with Crippen molar-refractivity contribution in [3.05, 3.63) is 0 Å². The first-order valence-corrected chi connectivity index (χ1v) is 9.18. The summed E-state index contributed by atoms with van der Waals surface area (Å²) in [6, 6.07) is -0.634. The number of nitrogens with one attached hydrogen (secondary N) is 2. The van der Waals surface area contributed by atoms with Gasteiger partial charge in [0, 0.05) is 13.1 Å². The smallest absolute Gasteiger partial charge is 0.408 e. The second-order valence-electron chi connectivity index (χ2n) is 7.30. The summed E-state index contributed by atoms with van der Waals surface area (Å²) in [6.07, 6.45) is -0.586. The minimum atomic E-state index is -0.634. The zero-order chi connectivity index (χ0) is 19.5. The van der Waals surface area contributed by atoms with E-state index in [2.05, 4.69) is 29.4 Å². The van der Waals surface area contributed by atoms with Gasteiger partial charge in [0.15, 0.2) is 0 Å². The first-order valence-electron chi connectivity index (χ1n) is 9.18. The molecular formula is C18H37N3O4. The maximum Gasteiger partial charge on any atom is 0.408 e. The lowest BCUT2D eigenvalue weighted by atomic mass is 10.0. The van der Waals surface area contributed by atoms with Crippen molar-refractivity contribution < 1.29 is 19.1 Å². The number of nitrogens with zero attached hydrogens (tertiary/aromatic N) is 1. The Kier molecular flexibility index (Phi) is 11.4. The highest BCUT2D eigenvalue weighted by molar-refractivity contribution is 5.85. The van der Waals surface area contributed by atoms with E-state index >= 15 is 0 Å². The molecule has 0 aromatic carbocycles. The number of carbonyl (C=O) groups is 2. The fourth-order valence-electron chi connectivity index (χ4n) is 2.16. The molecule has 0 aliphatic rings. The van der Waals surface area contributed by atoms with Crippen LogP contribution in [0.3, 0.4) is 0 Å². The van der Waals surface area contributed by atoms with Crippen LogP contribution in [-0.2, 0) is 14.3 Å². The standard InChI is InChI=1S/C18H37N3O4/c1-8-21(9-2)11-13-24-12-10-19-16(22)15(14(3)4)20-17(23)25-18(5,6)7/h14-15H,8-13H2,1-7H3,(H,19,22)(H,20,23). The van der Waals surface area contributed by atoms with Crippen molar-refractivity contribution in [2.24, 2.45) is 5.92 Å². The van der Waals surface area contributed by atoms with E-state index in [9.17, 15) is 9.59 Å². The van der Waals surface area contributed by atoms with Crippen LogP contribution in [-0.4, -0.2) is 67.9 Å². The molecule has 2 amide bonds. The third-order valence-corrected chi connectivity index (χ3v) is 3.61. The van der Waals surface area contributed by atoms with Crippen molar-refractivity contribution in [1.82, 2.24) is 15.5 Å². The van der Waals surface area contributed by atoms with Crippen LogP contribution in [0.4, 0.5) is 4.79 Å². The molecule has 0 heterocycles. The van der Waals surface area contributed by atoms with Crippen LogP contribution in [0, 0.1) is 5.92 Å². The molecule has 0 rings (SSSR count). The third-order valence-electron chi connectivity index (χ3n) is 3.61. The van der Waals surface area contributed by atoms with E-state index in [1.54, 1.807) is 20.8 Å². The molecule has 1 atom stereocenters. The van der Waals surface area contributed by atoms with Gasteiger partial charge in [-0.3, -0.25) is 4.79 Å². The van der Waals surface area contributed by atoms with Crippen molar-refractivity contribution in [1.29, 1.82) is 0 Å². The van der Waals surface area contributed by atoms with E-state index in [0.29, 0.717) is 19.8 Å². The Morgan fingerprint density at radius 3 is 2.16 bits per heavy atom. The van der Waals surface area contributed by atoms with Crippen LogP contribution in [0.5, 0.6) is 0 Å². The molecule has 0 radical (unpaired) electrons. The lowest BCUT2D eigenvalue weighted by Crippen LogP contribution is -2.51. The summed E-state index contributed by atoms with van der Waals surface area (Å²) in [7, 11) is 0. The van der Waals surface area contributed by atoms with E-state index < -0.39 is 17.7 Å². The van der Waals surface area contributed by atoms with E-state index in [4.69, 9.17) is 9.47 Å². The van der Waals surface area contributed by atoms with E-state index in [1.807, 2.05) is 13.8 Å². The highest BCUT2D eigenvalue weighted by Crippen LogP contribution is 2.08. The summed E-state index contributed by atoms with van der Waals surface area (Å²) in [6.45, 7) is 17.7. The molecule has 0 aliphatic heterocycles. The van der Waals surface area contributed by atoms with Crippen LogP contribution in [0.25, 0.3) is 0 Å². The van der Waals surface area contributed by atoms with Crippen LogP contribution >= 0.6 is 0 Å². The quantitative estimate of drug-likeness (QED) is 0.552. The predicted octanol–water partition coefficient (Wildman–Crippen LogP) is 2.01. The number of amides is 2. The Morgan fingerprint density at radius 2 is 1.68 bits per heavy atom. The van der Waals surface area contributed by atoms with Gasteiger partial charge in [0.2, 0.25) is 5.91 Å². The molecule has 0 spiro atoms. The van der Waals surface area contributed by atoms with Crippen LogP contribution < -0.4 is 10.6 Å². The van der Waals surface area contributed by atoms with Crippen molar-refractivity contribution in [3.8, 4) is 0 Å². The van der Waals surface area contributed by atoms with Crippen molar-refractivity contribution in [2.75, 3.05) is 39.4 Å². The molecule has 0 aliphatic carbocycles. The van der Waals surface area contributed by atoms with Gasteiger partial charge in [-0.05, 0) is 39.8 Å². The summed E-state index contributed by atoms with van der Waals surface area (Å²) in [5, 5.41) is 5.43. The average molecular weight is 360 g/mol. The molecule has 0 saturated carbocycles. The van der Waals surface area contributed by atoms with E-state index in [-0.39, 0.29) is 11.8 Å². The molecule has 1 unspecified atom stereocenters. The van der Waals surface area contributed by atoms with Crippen molar-refractivity contribution in [2.45, 2.75) is 60.1 Å². The molecule has 0 aromatic heterocycles. The van der Waals surface area contributed by atoms with Gasteiger partial charge in [-0.15, -0.1) is 0 Å². The number of hydrogen-bond donors (Lipinski definition) is 2. The Morgan fingerprint density at radius 1 is 1.08 bits per heavy atom. The zero-order valence-corrected chi connectivity index (χ0v) is 17.0. The summed E-state index contributed by atoms with van der Waals surface area (Å²) < 4.78 is 10.7. The minimum Gasteiger partial charge on any atom is -0.444 e. The topological polar surface area (TPSA) is 79.9 Å². The summed E-state index contributed by atoms with van der Waals surface area (Å²) in [5.74, 6) is -0.274. The van der Waals surface area contributed by atoms with Gasteiger partial charge < -0.3 is 25.0 Å². The first-order chi connectivity index (χ1) is 11.6. The molecule has 0 saturated heterocycles. The molecule has 2 N–H and O–H groups in total. The first kappa shape index (κ1) is 23.7. The Bertz CT molecular complexity index is 390. The van der Waals surface area contributed by atoms with Gasteiger partial charge in [-0.1, -0.05) is 27.7 Å². The molecular weight excluding hydrogens is 322 g/mol. The average Bonchev–Trinajstić information content (AvgIpc) is 2.49. The minimum absolute atomic E-state index is 0.0453. The normalized spacial score (nSPS) is 13.0. The second-order valence-corrected chi connectivity index (χ2v) is 7.30. The highest BCUT2D eigenvalue weighted by atomic mass is 16.6.